The van der Waals surface area contributed by atoms with Crippen molar-refractivity contribution in [3.63, 3.8) is 0 Å². The molecule has 4 nitrogen and oxygen atoms in total. The number of hydrogen-bond acceptors (Lipinski definition) is 2. The third kappa shape index (κ3) is 4.54. The third-order valence-corrected chi connectivity index (χ3v) is 5.65. The molecule has 0 saturated heterocycles. The number of nitrogens with zero attached hydrogens (tertiary/aromatic N) is 2. The molecule has 0 bridgehead atoms. The van der Waals surface area contributed by atoms with E-state index in [1.807, 2.05) is 50.4 Å². The Balaban J connectivity index is 1.78. The maximum atomic E-state index is 12.5. The van der Waals surface area contributed by atoms with E-state index >= 15 is 0 Å². The zero-order valence-electron chi connectivity index (χ0n) is 14.9. The van der Waals surface area contributed by atoms with E-state index in [1.54, 1.807) is 10.7 Å². The Bertz CT molecular complexity index is 984. The molecule has 0 unspecified atom stereocenters. The van der Waals surface area contributed by atoms with Crippen molar-refractivity contribution in [2.75, 3.05) is 5.32 Å². The van der Waals surface area contributed by atoms with Crippen LogP contribution >= 0.6 is 39.1 Å². The van der Waals surface area contributed by atoms with Crippen molar-refractivity contribution in [3.05, 3.63) is 68.2 Å². The first-order chi connectivity index (χ1) is 12.9. The SMILES string of the molecule is Cc1nn(C)c(NC(=O)CCc2cccc(Cl)c2Cl)c1-c1ccc(Br)cc1. The molecule has 0 radical (unpaired) electrons. The van der Waals surface area contributed by atoms with Crippen molar-refractivity contribution in [2.45, 2.75) is 19.8 Å². The number of halogens is 3. The van der Waals surface area contributed by atoms with Gasteiger partial charge in [-0.2, -0.15) is 5.10 Å². The second kappa shape index (κ2) is 8.46. The summed E-state index contributed by atoms with van der Waals surface area (Å²) in [5.74, 6) is 0.574. The number of hydrogen-bond donors (Lipinski definition) is 1. The van der Waals surface area contributed by atoms with Gasteiger partial charge in [0.25, 0.3) is 0 Å². The van der Waals surface area contributed by atoms with Crippen LogP contribution in [-0.2, 0) is 18.3 Å². The van der Waals surface area contributed by atoms with E-state index in [2.05, 4.69) is 26.3 Å². The normalized spacial score (nSPS) is 10.9. The second-order valence-electron chi connectivity index (χ2n) is 6.20. The van der Waals surface area contributed by atoms with Crippen molar-refractivity contribution >= 4 is 50.9 Å². The molecule has 1 heterocycles. The lowest BCUT2D eigenvalue weighted by Gasteiger charge is -2.10. The van der Waals surface area contributed by atoms with Crippen LogP contribution in [0.3, 0.4) is 0 Å². The average Bonchev–Trinajstić information content (AvgIpc) is 2.90. The molecule has 0 atom stereocenters. The minimum Gasteiger partial charge on any atom is -0.310 e. The van der Waals surface area contributed by atoms with Crippen LogP contribution < -0.4 is 5.32 Å². The zero-order chi connectivity index (χ0) is 19.6. The first-order valence-corrected chi connectivity index (χ1v) is 9.94. The molecule has 3 aromatic rings. The number of rotatable bonds is 5. The Hall–Kier alpha value is -1.82. The summed E-state index contributed by atoms with van der Waals surface area (Å²) >= 11 is 15.7. The summed E-state index contributed by atoms with van der Waals surface area (Å²) in [5.41, 5.74) is 3.62. The topological polar surface area (TPSA) is 46.9 Å². The van der Waals surface area contributed by atoms with Crippen molar-refractivity contribution in [1.29, 1.82) is 0 Å². The maximum Gasteiger partial charge on any atom is 0.225 e. The van der Waals surface area contributed by atoms with Gasteiger partial charge in [-0.3, -0.25) is 9.48 Å². The van der Waals surface area contributed by atoms with Crippen LogP contribution in [0.25, 0.3) is 11.1 Å². The lowest BCUT2D eigenvalue weighted by atomic mass is 10.1. The van der Waals surface area contributed by atoms with Crippen molar-refractivity contribution < 1.29 is 4.79 Å². The van der Waals surface area contributed by atoms with Crippen LogP contribution in [0.5, 0.6) is 0 Å². The minimum atomic E-state index is -0.104. The molecule has 1 N–H and O–H groups in total. The number of anilines is 1. The standard InChI is InChI=1S/C20H18BrCl2N3O/c1-12-18(13-6-9-15(21)10-7-13)20(26(2)25-12)24-17(27)11-8-14-4-3-5-16(22)19(14)23/h3-7,9-10H,8,11H2,1-2H3,(H,24,27). The van der Waals surface area contributed by atoms with Gasteiger partial charge in [0.15, 0.2) is 0 Å². The number of aryl methyl sites for hydroxylation is 3. The van der Waals surface area contributed by atoms with Gasteiger partial charge in [0.2, 0.25) is 5.91 Å². The summed E-state index contributed by atoms with van der Waals surface area (Å²) in [6.45, 7) is 1.93. The highest BCUT2D eigenvalue weighted by molar-refractivity contribution is 9.10. The highest BCUT2D eigenvalue weighted by atomic mass is 79.9. The van der Waals surface area contributed by atoms with Crippen LogP contribution in [-0.4, -0.2) is 15.7 Å². The molecule has 0 fully saturated rings. The lowest BCUT2D eigenvalue weighted by Crippen LogP contribution is -2.15. The number of benzene rings is 2. The van der Waals surface area contributed by atoms with E-state index in [9.17, 15) is 4.79 Å². The average molecular weight is 467 g/mol. The first kappa shape index (κ1) is 19.9. The summed E-state index contributed by atoms with van der Waals surface area (Å²) in [5, 5.41) is 8.44. The van der Waals surface area contributed by atoms with E-state index in [0.717, 1.165) is 26.9 Å². The molecule has 0 aliphatic carbocycles. The van der Waals surface area contributed by atoms with Gasteiger partial charge in [-0.25, -0.2) is 0 Å². The molecule has 0 spiro atoms. The number of carbonyl (C=O) groups is 1. The Morgan fingerprint density at radius 2 is 1.89 bits per heavy atom. The van der Waals surface area contributed by atoms with E-state index in [1.165, 1.54) is 0 Å². The molecular weight excluding hydrogens is 449 g/mol. The van der Waals surface area contributed by atoms with Gasteiger partial charge in [0, 0.05) is 23.5 Å². The number of nitrogens with one attached hydrogen (secondary N) is 1. The van der Waals surface area contributed by atoms with Crippen LogP contribution in [0.1, 0.15) is 17.7 Å². The van der Waals surface area contributed by atoms with Gasteiger partial charge in [0.1, 0.15) is 5.82 Å². The maximum absolute atomic E-state index is 12.5. The lowest BCUT2D eigenvalue weighted by molar-refractivity contribution is -0.116. The summed E-state index contributed by atoms with van der Waals surface area (Å²) in [7, 11) is 1.82. The highest BCUT2D eigenvalue weighted by Crippen LogP contribution is 2.32. The quantitative estimate of drug-likeness (QED) is 0.498. The van der Waals surface area contributed by atoms with Gasteiger partial charge in [0.05, 0.1) is 15.7 Å². The molecule has 0 saturated carbocycles. The Kier molecular flexibility index (Phi) is 6.25. The summed E-state index contributed by atoms with van der Waals surface area (Å²) in [4.78, 5) is 12.5. The van der Waals surface area contributed by atoms with Crippen LogP contribution in [0.4, 0.5) is 5.82 Å². The Morgan fingerprint density at radius 1 is 1.19 bits per heavy atom. The molecule has 1 aromatic heterocycles. The van der Waals surface area contributed by atoms with Gasteiger partial charge in [-0.1, -0.05) is 63.4 Å². The van der Waals surface area contributed by atoms with Gasteiger partial charge in [-0.05, 0) is 42.7 Å². The zero-order valence-corrected chi connectivity index (χ0v) is 18.0. The minimum absolute atomic E-state index is 0.104. The molecule has 1 amide bonds. The second-order valence-corrected chi connectivity index (χ2v) is 7.90. The van der Waals surface area contributed by atoms with Gasteiger partial charge < -0.3 is 5.32 Å². The van der Waals surface area contributed by atoms with Crippen molar-refractivity contribution in [1.82, 2.24) is 9.78 Å². The van der Waals surface area contributed by atoms with Crippen molar-refractivity contribution in [2.24, 2.45) is 7.05 Å². The van der Waals surface area contributed by atoms with Crippen LogP contribution in [0.15, 0.2) is 46.9 Å². The molecular formula is C20H18BrCl2N3O. The van der Waals surface area contributed by atoms with Crippen molar-refractivity contribution in [3.8, 4) is 11.1 Å². The predicted molar refractivity (Wildman–Crippen MR) is 114 cm³/mol. The molecule has 2 aromatic carbocycles. The Labute approximate surface area is 176 Å². The van der Waals surface area contributed by atoms with Gasteiger partial charge >= 0.3 is 0 Å². The summed E-state index contributed by atoms with van der Waals surface area (Å²) < 4.78 is 2.69. The number of aromatic nitrogens is 2. The van der Waals surface area contributed by atoms with E-state index in [4.69, 9.17) is 23.2 Å². The first-order valence-electron chi connectivity index (χ1n) is 8.39. The summed E-state index contributed by atoms with van der Waals surface area (Å²) in [6.07, 6.45) is 0.805. The fourth-order valence-corrected chi connectivity index (χ4v) is 3.63. The molecule has 140 valence electrons. The van der Waals surface area contributed by atoms with Crippen LogP contribution in [0.2, 0.25) is 10.0 Å². The monoisotopic (exact) mass is 465 g/mol. The third-order valence-electron chi connectivity index (χ3n) is 4.27. The molecule has 27 heavy (non-hydrogen) atoms. The smallest absolute Gasteiger partial charge is 0.225 e. The number of amides is 1. The molecule has 7 heteroatoms. The molecule has 0 aliphatic heterocycles. The van der Waals surface area contributed by atoms with E-state index < -0.39 is 0 Å². The fourth-order valence-electron chi connectivity index (χ4n) is 2.95. The fraction of sp³-hybridized carbons (Fsp3) is 0.200. The van der Waals surface area contributed by atoms with E-state index in [0.29, 0.717) is 28.7 Å². The molecule has 0 aliphatic rings. The summed E-state index contributed by atoms with van der Waals surface area (Å²) in [6, 6.07) is 13.4. The largest absolute Gasteiger partial charge is 0.310 e. The Morgan fingerprint density at radius 3 is 2.59 bits per heavy atom. The predicted octanol–water partition coefficient (Wildman–Crippen LogP) is 6.04. The number of carbonyl (C=O) groups excluding carboxylic acids is 1. The highest BCUT2D eigenvalue weighted by Gasteiger charge is 2.17. The molecule has 3 rings (SSSR count). The van der Waals surface area contributed by atoms with Crippen LogP contribution in [0, 0.1) is 6.92 Å². The van der Waals surface area contributed by atoms with E-state index in [-0.39, 0.29) is 5.91 Å². The van der Waals surface area contributed by atoms with Gasteiger partial charge in [-0.15, -0.1) is 0 Å².